The number of aliphatic hydroxyl groups excluding tert-OH is 1. The largest absolute Gasteiger partial charge is 0.458 e. The maximum atomic E-state index is 14.3. The Labute approximate surface area is 293 Å². The number of aliphatic hydroxyl groups is 1. The first-order chi connectivity index (χ1) is 22.9. The molecule has 13 nitrogen and oxygen atoms in total. The van der Waals surface area contributed by atoms with Crippen molar-refractivity contribution < 1.29 is 43.2 Å². The van der Waals surface area contributed by atoms with Gasteiger partial charge in [0.25, 0.3) is 0 Å². The number of cyclic esters (lactones) is 1. The van der Waals surface area contributed by atoms with Crippen molar-refractivity contribution >= 4 is 17.8 Å². The second-order valence-electron chi connectivity index (χ2n) is 16.0. The number of rotatable bonds is 8. The lowest BCUT2D eigenvalue weighted by Crippen LogP contribution is -2.60. The van der Waals surface area contributed by atoms with Crippen LogP contribution in [0.5, 0.6) is 0 Å². The molecule has 4 aliphatic rings. The molecule has 0 bridgehead atoms. The summed E-state index contributed by atoms with van der Waals surface area (Å²) in [5, 5.41) is 15.1. The van der Waals surface area contributed by atoms with E-state index in [1.807, 2.05) is 53.7 Å². The number of nitrogens with zero attached hydrogens (tertiary/aromatic N) is 3. The van der Waals surface area contributed by atoms with Crippen molar-refractivity contribution in [3.05, 3.63) is 0 Å². The molecule has 3 heterocycles. The number of carbonyl (C=O) groups is 3. The van der Waals surface area contributed by atoms with Crippen molar-refractivity contribution in [2.75, 3.05) is 48.4 Å². The van der Waals surface area contributed by atoms with Gasteiger partial charge in [-0.05, 0) is 86.9 Å². The van der Waals surface area contributed by atoms with E-state index in [-0.39, 0.29) is 29.9 Å². The molecule has 0 radical (unpaired) electrons. The lowest BCUT2D eigenvalue weighted by molar-refractivity contribution is -0.297. The zero-order valence-corrected chi connectivity index (χ0v) is 31.9. The molecule has 49 heavy (non-hydrogen) atoms. The fraction of sp³-hybridized carbons (Fsp3) is 0.917. The summed E-state index contributed by atoms with van der Waals surface area (Å²) in [6.07, 6.45) is -0.545. The van der Waals surface area contributed by atoms with Gasteiger partial charge in [-0.1, -0.05) is 20.8 Å². The molecule has 1 aliphatic carbocycles. The van der Waals surface area contributed by atoms with Crippen molar-refractivity contribution in [2.45, 2.75) is 147 Å². The number of fused-ring (bicyclic) bond motifs is 1. The molecule has 0 aromatic carbocycles. The lowest BCUT2D eigenvalue weighted by Gasteiger charge is -2.47. The van der Waals surface area contributed by atoms with Crippen LogP contribution in [0.4, 0.5) is 4.79 Å². The molecule has 13 atom stereocenters. The van der Waals surface area contributed by atoms with Gasteiger partial charge in [-0.15, -0.1) is 0 Å². The topological polar surface area (TPSA) is 139 Å². The Kier molecular flexibility index (Phi) is 12.9. The Bertz CT molecular complexity index is 1170. The van der Waals surface area contributed by atoms with Gasteiger partial charge in [0, 0.05) is 51.3 Å². The number of ether oxygens (including phenoxy) is 5. The van der Waals surface area contributed by atoms with Crippen LogP contribution in [0.2, 0.25) is 0 Å². The monoisotopic (exact) mass is 696 g/mol. The second-order valence-corrected chi connectivity index (χ2v) is 16.0. The van der Waals surface area contributed by atoms with Crippen molar-refractivity contribution in [1.29, 1.82) is 0 Å². The van der Waals surface area contributed by atoms with Gasteiger partial charge < -0.3 is 48.8 Å². The van der Waals surface area contributed by atoms with E-state index in [1.54, 1.807) is 32.9 Å². The molecule has 0 aromatic heterocycles. The molecule has 2 unspecified atom stereocenters. The third-order valence-electron chi connectivity index (χ3n) is 11.8. The zero-order chi connectivity index (χ0) is 36.6. The Morgan fingerprint density at radius 2 is 1.73 bits per heavy atom. The van der Waals surface area contributed by atoms with Gasteiger partial charge in [-0.2, -0.15) is 0 Å². The first-order valence-corrected chi connectivity index (χ1v) is 18.2. The molecule has 1 saturated carbocycles. The third kappa shape index (κ3) is 8.45. The second kappa shape index (κ2) is 15.8. The predicted octanol–water partition coefficient (Wildman–Crippen LogP) is 2.67. The fourth-order valence-corrected chi connectivity index (χ4v) is 8.55. The summed E-state index contributed by atoms with van der Waals surface area (Å²) < 4.78 is 31.5. The van der Waals surface area contributed by atoms with E-state index < -0.39 is 65.7 Å². The molecule has 282 valence electrons. The quantitative estimate of drug-likeness (QED) is 0.285. The molecule has 3 aliphatic heterocycles. The first-order valence-electron chi connectivity index (χ1n) is 18.2. The summed E-state index contributed by atoms with van der Waals surface area (Å²) in [7, 11) is 9.19. The number of carbonyl (C=O) groups excluding carboxylic acids is 3. The van der Waals surface area contributed by atoms with Crippen LogP contribution in [0.3, 0.4) is 0 Å². The number of amides is 1. The van der Waals surface area contributed by atoms with E-state index in [9.17, 15) is 19.5 Å². The number of nitrogens with one attached hydrogen (secondary N) is 1. The highest BCUT2D eigenvalue weighted by Crippen LogP contribution is 2.40. The fourth-order valence-electron chi connectivity index (χ4n) is 8.55. The molecule has 0 spiro atoms. The first kappa shape index (κ1) is 39.9. The van der Waals surface area contributed by atoms with Crippen LogP contribution in [0.15, 0.2) is 0 Å². The molecule has 13 heteroatoms. The molecule has 4 fully saturated rings. The Balaban J connectivity index is 1.71. The van der Waals surface area contributed by atoms with Crippen LogP contribution >= 0.6 is 0 Å². The number of hydrogen-bond acceptors (Lipinski definition) is 12. The molecular formula is C36H64N4O9. The molecular weight excluding hydrogens is 632 g/mol. The normalized spacial score (nSPS) is 43.5. The standard InChI is InChI=1S/C36H64N4O9/c1-13-27-36(7)30(40(11)34(44)49-36)23(5)39(10)19-20(2)17-35(6,45-12)31(21(3)28(41)22(4)32(43)47-27)48-33-29(42)26(38(8)9)16-25(46-33)18-37-24-14-15-24/h20-27,29-31,33,37,42H,13-19H2,1-12H3/t20-,21+,22?,23-,25+,26?,27-,29-,30-,31-,33+,35-,36-/m1/s1. The van der Waals surface area contributed by atoms with E-state index in [0.29, 0.717) is 38.4 Å². The molecule has 2 N–H and O–H groups in total. The van der Waals surface area contributed by atoms with Crippen LogP contribution in [0.25, 0.3) is 0 Å². The minimum Gasteiger partial charge on any atom is -0.458 e. The number of hydrogen-bond donors (Lipinski definition) is 2. The summed E-state index contributed by atoms with van der Waals surface area (Å²) in [5.74, 6) is -2.99. The molecule has 3 saturated heterocycles. The van der Waals surface area contributed by atoms with Crippen molar-refractivity contribution in [3.8, 4) is 0 Å². The van der Waals surface area contributed by atoms with Gasteiger partial charge in [0.05, 0.1) is 23.9 Å². The Morgan fingerprint density at radius 1 is 1.08 bits per heavy atom. The van der Waals surface area contributed by atoms with E-state index in [4.69, 9.17) is 23.7 Å². The summed E-state index contributed by atoms with van der Waals surface area (Å²) in [5.41, 5.74) is -2.15. The van der Waals surface area contributed by atoms with Crippen LogP contribution < -0.4 is 5.32 Å². The summed E-state index contributed by atoms with van der Waals surface area (Å²) >= 11 is 0. The minimum absolute atomic E-state index is 0.0463. The number of methoxy groups -OCH3 is 1. The van der Waals surface area contributed by atoms with Crippen LogP contribution in [-0.4, -0.2) is 152 Å². The van der Waals surface area contributed by atoms with Crippen LogP contribution in [0.1, 0.15) is 80.6 Å². The Morgan fingerprint density at radius 3 is 2.31 bits per heavy atom. The van der Waals surface area contributed by atoms with E-state index in [0.717, 1.165) is 12.8 Å². The molecule has 1 amide bonds. The van der Waals surface area contributed by atoms with E-state index in [1.165, 1.54) is 0 Å². The zero-order valence-electron chi connectivity index (χ0n) is 31.9. The van der Waals surface area contributed by atoms with Gasteiger partial charge >= 0.3 is 12.1 Å². The highest BCUT2D eigenvalue weighted by Gasteiger charge is 2.58. The SMILES string of the molecule is CC[C@H]1OC(=O)C(C)C(=O)[C@H](C)[C@@H](O[C@@H]2O[C@H](CNC3CC3)CC(N(C)C)[C@H]2O)[C@](C)(OC)C[C@@H](C)CN(C)[C@H](C)[C@H]2N(C)C(=O)O[C@]12C. The van der Waals surface area contributed by atoms with E-state index >= 15 is 0 Å². The highest BCUT2D eigenvalue weighted by molar-refractivity contribution is 6.00. The van der Waals surface area contributed by atoms with E-state index in [2.05, 4.69) is 17.1 Å². The van der Waals surface area contributed by atoms with Crippen molar-refractivity contribution in [3.63, 3.8) is 0 Å². The van der Waals surface area contributed by atoms with Gasteiger partial charge in [0.1, 0.15) is 18.1 Å². The number of ketones is 1. The average Bonchev–Trinajstić information content (AvgIpc) is 3.84. The third-order valence-corrected chi connectivity index (χ3v) is 11.8. The highest BCUT2D eigenvalue weighted by atomic mass is 16.7. The molecule has 4 rings (SSSR count). The molecule has 0 aromatic rings. The Hall–Kier alpha value is -1.87. The maximum absolute atomic E-state index is 14.3. The summed E-state index contributed by atoms with van der Waals surface area (Å²) in [6.45, 7) is 14.4. The number of esters is 1. The lowest BCUT2D eigenvalue weighted by atomic mass is 9.78. The van der Waals surface area contributed by atoms with Crippen LogP contribution in [0, 0.1) is 17.8 Å². The van der Waals surface area contributed by atoms with Crippen molar-refractivity contribution in [2.24, 2.45) is 17.8 Å². The van der Waals surface area contributed by atoms with Crippen molar-refractivity contribution in [1.82, 2.24) is 20.0 Å². The smallest absolute Gasteiger partial charge is 0.410 e. The average molecular weight is 697 g/mol. The van der Waals surface area contributed by atoms with Gasteiger partial charge in [-0.25, -0.2) is 4.79 Å². The maximum Gasteiger partial charge on any atom is 0.410 e. The van der Waals surface area contributed by atoms with Gasteiger partial charge in [-0.3, -0.25) is 9.59 Å². The predicted molar refractivity (Wildman–Crippen MR) is 184 cm³/mol. The minimum atomic E-state index is -1.14. The van der Waals surface area contributed by atoms with Gasteiger partial charge in [0.15, 0.2) is 17.7 Å². The number of likely N-dealkylation sites (N-methyl/N-ethyl adjacent to an activating group) is 3. The van der Waals surface area contributed by atoms with Gasteiger partial charge in [0.2, 0.25) is 0 Å². The summed E-state index contributed by atoms with van der Waals surface area (Å²) in [6, 6.07) is -0.326. The number of Topliss-reactive ketones (excluding diaryl/α,β-unsaturated/α-hetero) is 1. The summed E-state index contributed by atoms with van der Waals surface area (Å²) in [4.78, 5) is 46.8. The van der Waals surface area contributed by atoms with Crippen LogP contribution in [-0.2, 0) is 33.3 Å².